The Kier molecular flexibility index (Phi) is 8.46. The minimum Gasteiger partial charge on any atom is -0.508 e. The number of phenols is 1. The largest absolute Gasteiger partial charge is 0.508 e. The molecule has 0 unspecified atom stereocenters. The molecule has 1 atom stereocenters. The van der Waals surface area contributed by atoms with Crippen LogP contribution in [0.25, 0.3) is 11.1 Å². The molecular weight excluding hydrogens is 528 g/mol. The second-order valence-corrected chi connectivity index (χ2v) is 10.8. The van der Waals surface area contributed by atoms with Crippen LogP contribution in [0.4, 0.5) is 8.78 Å². The Morgan fingerprint density at radius 3 is 2.66 bits per heavy atom. The summed E-state index contributed by atoms with van der Waals surface area (Å²) >= 11 is 7.90. The number of rotatable bonds is 9. The molecule has 5 rings (SSSR count). The second-order valence-electron chi connectivity index (χ2n) is 9.39. The highest BCUT2D eigenvalue weighted by atomic mass is 35.5. The van der Waals surface area contributed by atoms with Crippen molar-refractivity contribution in [1.82, 2.24) is 4.90 Å². The minimum absolute atomic E-state index is 0.0291. The van der Waals surface area contributed by atoms with E-state index in [-0.39, 0.29) is 23.6 Å². The van der Waals surface area contributed by atoms with Gasteiger partial charge < -0.3 is 14.6 Å². The molecule has 0 aliphatic carbocycles. The van der Waals surface area contributed by atoms with Gasteiger partial charge in [-0.15, -0.1) is 11.8 Å². The molecule has 0 amide bonds. The Labute approximate surface area is 231 Å². The van der Waals surface area contributed by atoms with E-state index in [1.165, 1.54) is 0 Å². The molecule has 0 aromatic heterocycles. The van der Waals surface area contributed by atoms with Crippen molar-refractivity contribution in [2.75, 3.05) is 38.7 Å². The van der Waals surface area contributed by atoms with Gasteiger partial charge in [-0.2, -0.15) is 0 Å². The number of phenolic OH excluding ortho intramolecular Hbond substituents is 1. The topological polar surface area (TPSA) is 41.9 Å². The van der Waals surface area contributed by atoms with E-state index < -0.39 is 5.82 Å². The molecule has 1 N–H and O–H groups in total. The first kappa shape index (κ1) is 26.9. The first-order chi connectivity index (χ1) is 18.5. The molecule has 2 aliphatic rings. The Morgan fingerprint density at radius 1 is 1.11 bits per heavy atom. The average Bonchev–Trinajstić information content (AvgIpc) is 3.37. The Hall–Kier alpha value is -2.74. The van der Waals surface area contributed by atoms with Gasteiger partial charge in [-0.05, 0) is 84.5 Å². The van der Waals surface area contributed by atoms with Gasteiger partial charge in [0, 0.05) is 35.8 Å². The molecule has 2 aliphatic heterocycles. The summed E-state index contributed by atoms with van der Waals surface area (Å²) in [4.78, 5) is 3.17. The lowest BCUT2D eigenvalue weighted by Crippen LogP contribution is -2.26. The molecule has 0 spiro atoms. The number of alkyl halides is 1. The number of halogens is 3. The zero-order valence-corrected chi connectivity index (χ0v) is 22.8. The van der Waals surface area contributed by atoms with Crippen LogP contribution in [0, 0.1) is 5.82 Å². The fourth-order valence-electron chi connectivity index (χ4n) is 5.07. The van der Waals surface area contributed by atoms with Gasteiger partial charge in [-0.1, -0.05) is 23.7 Å². The summed E-state index contributed by atoms with van der Waals surface area (Å²) < 4.78 is 39.8. The third kappa shape index (κ3) is 5.65. The van der Waals surface area contributed by atoms with Crippen molar-refractivity contribution < 1.29 is 23.4 Å². The molecular formula is C30H30ClF2NO3S. The molecule has 1 fully saturated rings. The van der Waals surface area contributed by atoms with Crippen LogP contribution in [0.15, 0.2) is 59.5 Å². The lowest BCUT2D eigenvalue weighted by Gasteiger charge is -2.25. The van der Waals surface area contributed by atoms with Crippen molar-refractivity contribution in [2.24, 2.45) is 0 Å². The molecule has 0 saturated carbocycles. The highest BCUT2D eigenvalue weighted by molar-refractivity contribution is 7.99. The summed E-state index contributed by atoms with van der Waals surface area (Å²) in [6, 6.07) is 16.5. The summed E-state index contributed by atoms with van der Waals surface area (Å²) in [6.07, 6.45) is 1.54. The van der Waals surface area contributed by atoms with Crippen LogP contribution < -0.4 is 9.47 Å². The van der Waals surface area contributed by atoms with Gasteiger partial charge in [0.05, 0.1) is 13.3 Å². The first-order valence-electron chi connectivity index (χ1n) is 12.8. The van der Waals surface area contributed by atoms with Gasteiger partial charge in [-0.3, -0.25) is 9.29 Å². The summed E-state index contributed by atoms with van der Waals surface area (Å²) in [5.41, 5.74) is 3.98. The number of ether oxygens (including phenoxy) is 2. The fraction of sp³-hybridized carbons (Fsp3) is 0.333. The standard InChI is InChI=1S/C30H30ClF2NO3S/c1-2-36-26-11-10-23(30(33)29(26)31)25-18-38-27-16-20(35)6-9-24(27)28(25)19-4-7-21(8-5-19)37-22-12-15-34(17-22)14-3-13-32/h4-11,16,22,35H,2-3,12-15,17-18H2,1H3/t22-/m0/s1. The number of benzene rings is 3. The number of nitrogens with zero attached hydrogens (tertiary/aromatic N) is 1. The van der Waals surface area contributed by atoms with E-state index in [1.54, 1.807) is 36.0 Å². The van der Waals surface area contributed by atoms with Gasteiger partial charge >= 0.3 is 0 Å². The normalized spacial score (nSPS) is 17.5. The maximum absolute atomic E-state index is 15.6. The van der Waals surface area contributed by atoms with Gasteiger partial charge in [-0.25, -0.2) is 4.39 Å². The second kappa shape index (κ2) is 12.0. The predicted molar refractivity (Wildman–Crippen MR) is 150 cm³/mol. The van der Waals surface area contributed by atoms with Crippen LogP contribution in [-0.4, -0.2) is 54.8 Å². The Bertz CT molecular complexity index is 1330. The summed E-state index contributed by atoms with van der Waals surface area (Å²) in [5, 5.41) is 10.0. The number of hydrogen-bond donors (Lipinski definition) is 1. The first-order valence-corrected chi connectivity index (χ1v) is 14.2. The Balaban J connectivity index is 1.49. The summed E-state index contributed by atoms with van der Waals surface area (Å²) in [6.45, 7) is 4.39. The predicted octanol–water partition coefficient (Wildman–Crippen LogP) is 7.46. The number of hydrogen-bond acceptors (Lipinski definition) is 5. The van der Waals surface area contributed by atoms with E-state index in [1.807, 2.05) is 37.3 Å². The zero-order chi connectivity index (χ0) is 26.6. The molecule has 2 heterocycles. The lowest BCUT2D eigenvalue weighted by atomic mass is 9.89. The monoisotopic (exact) mass is 557 g/mol. The molecule has 38 heavy (non-hydrogen) atoms. The lowest BCUT2D eigenvalue weighted by molar-refractivity contribution is 0.198. The summed E-state index contributed by atoms with van der Waals surface area (Å²) in [5.74, 6) is 1.28. The average molecular weight is 558 g/mol. The van der Waals surface area contributed by atoms with Gasteiger partial charge in [0.1, 0.15) is 28.4 Å². The minimum atomic E-state index is -0.508. The fourth-order valence-corrected chi connectivity index (χ4v) is 6.42. The van der Waals surface area contributed by atoms with Crippen molar-refractivity contribution in [3.63, 3.8) is 0 Å². The molecule has 1 saturated heterocycles. The molecule has 3 aromatic rings. The van der Waals surface area contributed by atoms with E-state index in [4.69, 9.17) is 21.1 Å². The van der Waals surface area contributed by atoms with Gasteiger partial charge in [0.2, 0.25) is 0 Å². The van der Waals surface area contributed by atoms with E-state index in [0.717, 1.165) is 59.0 Å². The maximum atomic E-state index is 15.6. The van der Waals surface area contributed by atoms with Crippen molar-refractivity contribution in [2.45, 2.75) is 30.8 Å². The van der Waals surface area contributed by atoms with Crippen LogP contribution in [0.1, 0.15) is 36.5 Å². The molecule has 8 heteroatoms. The van der Waals surface area contributed by atoms with E-state index in [9.17, 15) is 9.50 Å². The molecule has 0 bridgehead atoms. The van der Waals surface area contributed by atoms with Crippen molar-refractivity contribution >= 4 is 34.5 Å². The summed E-state index contributed by atoms with van der Waals surface area (Å²) in [7, 11) is 0. The smallest absolute Gasteiger partial charge is 0.153 e. The third-order valence-corrected chi connectivity index (χ3v) is 8.30. The van der Waals surface area contributed by atoms with Crippen LogP contribution in [-0.2, 0) is 0 Å². The van der Waals surface area contributed by atoms with Crippen molar-refractivity contribution in [1.29, 1.82) is 0 Å². The Morgan fingerprint density at radius 2 is 1.89 bits per heavy atom. The number of likely N-dealkylation sites (tertiary alicyclic amines) is 1. The molecule has 4 nitrogen and oxygen atoms in total. The van der Waals surface area contributed by atoms with E-state index in [0.29, 0.717) is 30.1 Å². The molecule has 0 radical (unpaired) electrons. The SMILES string of the molecule is CCOc1ccc(C2=C(c3ccc(O[C@H]4CCN(CCCF)C4)cc3)c3ccc(O)cc3SC2)c(F)c1Cl. The van der Waals surface area contributed by atoms with Crippen molar-refractivity contribution in [3.8, 4) is 17.2 Å². The highest BCUT2D eigenvalue weighted by Crippen LogP contribution is 2.47. The highest BCUT2D eigenvalue weighted by Gasteiger charge is 2.27. The molecule has 3 aromatic carbocycles. The molecule has 200 valence electrons. The van der Waals surface area contributed by atoms with Gasteiger partial charge in [0.25, 0.3) is 0 Å². The third-order valence-electron chi connectivity index (χ3n) is 6.86. The van der Waals surface area contributed by atoms with E-state index in [2.05, 4.69) is 4.90 Å². The number of fused-ring (bicyclic) bond motifs is 1. The van der Waals surface area contributed by atoms with Crippen molar-refractivity contribution in [3.05, 3.63) is 82.1 Å². The van der Waals surface area contributed by atoms with Gasteiger partial charge in [0.15, 0.2) is 5.82 Å². The van der Waals surface area contributed by atoms with Crippen LogP contribution in [0.5, 0.6) is 17.2 Å². The number of aromatic hydroxyl groups is 1. The zero-order valence-electron chi connectivity index (χ0n) is 21.2. The van der Waals surface area contributed by atoms with Crippen LogP contribution >= 0.6 is 23.4 Å². The van der Waals surface area contributed by atoms with E-state index >= 15 is 4.39 Å². The maximum Gasteiger partial charge on any atom is 0.153 e. The number of thioether (sulfide) groups is 1. The van der Waals surface area contributed by atoms with Crippen LogP contribution in [0.2, 0.25) is 5.02 Å². The van der Waals surface area contributed by atoms with Crippen LogP contribution in [0.3, 0.4) is 0 Å². The quantitative estimate of drug-likeness (QED) is 0.296.